The van der Waals surface area contributed by atoms with Gasteiger partial charge in [0.25, 0.3) is 0 Å². The van der Waals surface area contributed by atoms with Crippen molar-refractivity contribution >= 4 is 11.8 Å². The van der Waals surface area contributed by atoms with Gasteiger partial charge in [-0.1, -0.05) is 24.3 Å². The summed E-state index contributed by atoms with van der Waals surface area (Å²) in [7, 11) is 0. The zero-order valence-corrected chi connectivity index (χ0v) is 15.0. The molecule has 1 aromatic heterocycles. The summed E-state index contributed by atoms with van der Waals surface area (Å²) in [4.78, 5) is 36.0. The normalized spacial score (nSPS) is 17.9. The molecule has 1 heterocycles. The van der Waals surface area contributed by atoms with E-state index in [4.69, 9.17) is 9.15 Å². The van der Waals surface area contributed by atoms with Crippen molar-refractivity contribution in [3.05, 3.63) is 63.7 Å². The average Bonchev–Trinajstić information content (AvgIpc) is 3.03. The van der Waals surface area contributed by atoms with Gasteiger partial charge in [0.2, 0.25) is 11.2 Å². The molecule has 2 atom stereocenters. The van der Waals surface area contributed by atoms with Crippen LogP contribution in [0.2, 0.25) is 0 Å². The third-order valence-corrected chi connectivity index (χ3v) is 4.96. The number of aryl methyl sites for hydroxylation is 1. The molecule has 0 spiro atoms. The summed E-state index contributed by atoms with van der Waals surface area (Å²) in [6.45, 7) is 3.31. The first kappa shape index (κ1) is 18.1. The standard InChI is InChI=1S/C21H22O5/c1-13(21(24)26-20-14(2)25-11-10-19(20)23)16-8-6-15(7-9-16)12-17-4-3-5-18(17)22/h6-11,13,17H,3-5,12H2,1-2H3. The van der Waals surface area contributed by atoms with Crippen LogP contribution in [0.1, 0.15) is 49.0 Å². The van der Waals surface area contributed by atoms with E-state index in [-0.39, 0.29) is 22.9 Å². The monoisotopic (exact) mass is 354 g/mol. The number of carbonyl (C=O) groups is 2. The zero-order valence-electron chi connectivity index (χ0n) is 15.0. The van der Waals surface area contributed by atoms with Gasteiger partial charge in [0, 0.05) is 18.4 Å². The molecule has 1 aliphatic carbocycles. The number of Topliss-reactive ketones (excluding diaryl/α,β-unsaturated/α-hetero) is 1. The highest BCUT2D eigenvalue weighted by atomic mass is 16.5. The second kappa shape index (κ2) is 7.68. The van der Waals surface area contributed by atoms with Gasteiger partial charge >= 0.3 is 5.97 Å². The minimum atomic E-state index is -0.517. The van der Waals surface area contributed by atoms with Gasteiger partial charge in [-0.15, -0.1) is 0 Å². The molecule has 1 aromatic carbocycles. The van der Waals surface area contributed by atoms with E-state index < -0.39 is 11.9 Å². The molecule has 0 N–H and O–H groups in total. The van der Waals surface area contributed by atoms with Crippen LogP contribution in [0.25, 0.3) is 0 Å². The second-order valence-electron chi connectivity index (χ2n) is 6.81. The molecule has 0 radical (unpaired) electrons. The van der Waals surface area contributed by atoms with Crippen molar-refractivity contribution in [2.75, 3.05) is 0 Å². The van der Waals surface area contributed by atoms with Crippen LogP contribution in [0.4, 0.5) is 0 Å². The maximum Gasteiger partial charge on any atom is 0.318 e. The van der Waals surface area contributed by atoms with Crippen LogP contribution in [0, 0.1) is 12.8 Å². The Morgan fingerprint density at radius 2 is 1.96 bits per heavy atom. The first-order chi connectivity index (χ1) is 12.5. The van der Waals surface area contributed by atoms with Crippen LogP contribution in [0.3, 0.4) is 0 Å². The van der Waals surface area contributed by atoms with E-state index in [0.717, 1.165) is 30.4 Å². The lowest BCUT2D eigenvalue weighted by atomic mass is 9.94. The van der Waals surface area contributed by atoms with Crippen LogP contribution in [0.5, 0.6) is 5.75 Å². The Morgan fingerprint density at radius 3 is 2.58 bits per heavy atom. The van der Waals surface area contributed by atoms with Crippen molar-refractivity contribution in [3.63, 3.8) is 0 Å². The highest BCUT2D eigenvalue weighted by Gasteiger charge is 2.25. The molecule has 2 unspecified atom stereocenters. The Morgan fingerprint density at radius 1 is 1.23 bits per heavy atom. The Kier molecular flexibility index (Phi) is 5.35. The van der Waals surface area contributed by atoms with E-state index in [1.807, 2.05) is 24.3 Å². The second-order valence-corrected chi connectivity index (χ2v) is 6.81. The van der Waals surface area contributed by atoms with Gasteiger partial charge in [-0.25, -0.2) is 0 Å². The van der Waals surface area contributed by atoms with Crippen molar-refractivity contribution in [3.8, 4) is 5.75 Å². The number of rotatable bonds is 5. The first-order valence-electron chi connectivity index (χ1n) is 8.87. The van der Waals surface area contributed by atoms with Crippen molar-refractivity contribution in [2.24, 2.45) is 5.92 Å². The fourth-order valence-electron chi connectivity index (χ4n) is 3.28. The summed E-state index contributed by atoms with van der Waals surface area (Å²) in [5, 5.41) is 0. The largest absolute Gasteiger partial charge is 0.465 e. The van der Waals surface area contributed by atoms with Gasteiger partial charge in [0.1, 0.15) is 11.5 Å². The van der Waals surface area contributed by atoms with Gasteiger partial charge in [0.15, 0.2) is 0 Å². The Balaban J connectivity index is 1.67. The topological polar surface area (TPSA) is 73.6 Å². The number of carbonyl (C=O) groups excluding carboxylic acids is 2. The Labute approximate surface area is 152 Å². The zero-order chi connectivity index (χ0) is 18.7. The van der Waals surface area contributed by atoms with Gasteiger partial charge < -0.3 is 9.15 Å². The molecule has 3 rings (SSSR count). The predicted molar refractivity (Wildman–Crippen MR) is 96.3 cm³/mol. The number of benzene rings is 1. The van der Waals surface area contributed by atoms with E-state index in [2.05, 4.69) is 0 Å². The molecule has 2 aromatic rings. The predicted octanol–water partition coefficient (Wildman–Crippen LogP) is 3.57. The molecule has 136 valence electrons. The molecular formula is C21H22O5. The van der Waals surface area contributed by atoms with Gasteiger partial charge in [0.05, 0.1) is 12.2 Å². The highest BCUT2D eigenvalue weighted by Crippen LogP contribution is 2.26. The minimum absolute atomic E-state index is 0.0688. The first-order valence-corrected chi connectivity index (χ1v) is 8.87. The summed E-state index contributed by atoms with van der Waals surface area (Å²) < 4.78 is 10.4. The lowest BCUT2D eigenvalue weighted by molar-refractivity contribution is -0.135. The number of esters is 1. The minimum Gasteiger partial charge on any atom is -0.465 e. The van der Waals surface area contributed by atoms with E-state index in [9.17, 15) is 14.4 Å². The van der Waals surface area contributed by atoms with Crippen molar-refractivity contribution in [2.45, 2.75) is 45.4 Å². The molecule has 0 bridgehead atoms. The van der Waals surface area contributed by atoms with Crippen molar-refractivity contribution in [1.82, 2.24) is 0 Å². The third-order valence-electron chi connectivity index (χ3n) is 4.96. The summed E-state index contributed by atoms with van der Waals surface area (Å²) in [6.07, 6.45) is 4.66. The molecule has 0 amide bonds. The SMILES string of the molecule is Cc1occc(=O)c1OC(=O)C(C)c1ccc(CC2CCCC2=O)cc1. The summed E-state index contributed by atoms with van der Waals surface area (Å²) in [5.74, 6) is -0.344. The summed E-state index contributed by atoms with van der Waals surface area (Å²) >= 11 is 0. The highest BCUT2D eigenvalue weighted by molar-refractivity contribution is 5.83. The quantitative estimate of drug-likeness (QED) is 0.768. The molecule has 26 heavy (non-hydrogen) atoms. The van der Waals surface area contributed by atoms with E-state index in [1.165, 1.54) is 12.3 Å². The lowest BCUT2D eigenvalue weighted by Gasteiger charge is -2.13. The van der Waals surface area contributed by atoms with Crippen LogP contribution < -0.4 is 10.2 Å². The fraction of sp³-hybridized carbons (Fsp3) is 0.381. The fourth-order valence-corrected chi connectivity index (χ4v) is 3.28. The average molecular weight is 354 g/mol. The van der Waals surface area contributed by atoms with Gasteiger partial charge in [-0.3, -0.25) is 14.4 Å². The lowest BCUT2D eigenvalue weighted by Crippen LogP contribution is -2.20. The smallest absolute Gasteiger partial charge is 0.318 e. The van der Waals surface area contributed by atoms with Crippen molar-refractivity contribution < 1.29 is 18.7 Å². The van der Waals surface area contributed by atoms with Crippen LogP contribution >= 0.6 is 0 Å². The summed E-state index contributed by atoms with van der Waals surface area (Å²) in [6, 6.07) is 8.88. The molecule has 0 saturated heterocycles. The number of hydrogen-bond acceptors (Lipinski definition) is 5. The van der Waals surface area contributed by atoms with Gasteiger partial charge in [-0.2, -0.15) is 0 Å². The Bertz CT molecular complexity index is 863. The van der Waals surface area contributed by atoms with Crippen LogP contribution in [-0.4, -0.2) is 11.8 Å². The molecule has 5 nitrogen and oxygen atoms in total. The van der Waals surface area contributed by atoms with Crippen molar-refractivity contribution in [1.29, 1.82) is 0 Å². The number of ether oxygens (including phenoxy) is 1. The molecular weight excluding hydrogens is 332 g/mol. The molecule has 0 aliphatic heterocycles. The number of hydrogen-bond donors (Lipinski definition) is 0. The maximum atomic E-state index is 12.4. The van der Waals surface area contributed by atoms with Crippen LogP contribution in [0.15, 0.2) is 45.8 Å². The number of ketones is 1. The van der Waals surface area contributed by atoms with E-state index in [0.29, 0.717) is 12.2 Å². The third kappa shape index (κ3) is 3.93. The van der Waals surface area contributed by atoms with Gasteiger partial charge in [-0.05, 0) is 44.2 Å². The molecule has 1 fully saturated rings. The Hall–Kier alpha value is -2.69. The van der Waals surface area contributed by atoms with Crippen LogP contribution in [-0.2, 0) is 16.0 Å². The van der Waals surface area contributed by atoms with E-state index in [1.54, 1.807) is 13.8 Å². The summed E-state index contributed by atoms with van der Waals surface area (Å²) in [5.41, 5.74) is 1.51. The van der Waals surface area contributed by atoms with E-state index >= 15 is 0 Å². The molecule has 1 aliphatic rings. The molecule has 5 heteroatoms. The molecule has 1 saturated carbocycles. The maximum absolute atomic E-state index is 12.4.